The van der Waals surface area contributed by atoms with Gasteiger partial charge in [-0.25, -0.2) is 9.59 Å². The molecule has 2 rings (SSSR count). The predicted molar refractivity (Wildman–Crippen MR) is 76.5 cm³/mol. The van der Waals surface area contributed by atoms with E-state index in [4.69, 9.17) is 13.9 Å². The molecule has 0 fully saturated rings. The van der Waals surface area contributed by atoms with Crippen LogP contribution in [0.1, 0.15) is 10.4 Å². The molecular formula is C15H14O7. The lowest BCUT2D eigenvalue weighted by atomic mass is 10.1. The minimum Gasteiger partial charge on any atom is -0.507 e. The van der Waals surface area contributed by atoms with Crippen molar-refractivity contribution in [3.63, 3.8) is 0 Å². The van der Waals surface area contributed by atoms with Crippen LogP contribution in [0.25, 0.3) is 11.3 Å². The molecule has 22 heavy (non-hydrogen) atoms. The van der Waals surface area contributed by atoms with Gasteiger partial charge in [0, 0.05) is 11.6 Å². The number of carbonyl (C=O) groups excluding carboxylic acids is 1. The minimum atomic E-state index is -0.989. The fraction of sp³-hybridized carbons (Fsp3) is 0.200. The van der Waals surface area contributed by atoms with Crippen molar-refractivity contribution in [3.05, 3.63) is 40.2 Å². The van der Waals surface area contributed by atoms with Crippen molar-refractivity contribution >= 4 is 5.97 Å². The van der Waals surface area contributed by atoms with Crippen molar-refractivity contribution < 1.29 is 28.5 Å². The maximum absolute atomic E-state index is 11.8. The lowest BCUT2D eigenvalue weighted by Gasteiger charge is -2.09. The van der Waals surface area contributed by atoms with E-state index in [1.807, 2.05) is 0 Å². The number of hydrogen-bond acceptors (Lipinski definition) is 7. The van der Waals surface area contributed by atoms with E-state index in [1.54, 1.807) is 18.2 Å². The standard InChI is InChI=1S/C15H14O7/c1-19-10-5-4-8(6-12(10)20-2)11-7-9(16)13(14(17)21-3)15(18)22-11/h4-7,16H,1-3H3. The van der Waals surface area contributed by atoms with Crippen LogP contribution < -0.4 is 15.1 Å². The van der Waals surface area contributed by atoms with Gasteiger partial charge in [-0.1, -0.05) is 0 Å². The SMILES string of the molecule is COC(=O)c1c(O)cc(-c2ccc(OC)c(OC)c2)oc1=O. The second-order valence-corrected chi connectivity index (χ2v) is 4.22. The maximum atomic E-state index is 11.8. The van der Waals surface area contributed by atoms with Crippen molar-refractivity contribution in [1.82, 2.24) is 0 Å². The molecule has 1 aromatic heterocycles. The van der Waals surface area contributed by atoms with Crippen molar-refractivity contribution in [2.75, 3.05) is 21.3 Å². The molecule has 0 aliphatic rings. The Morgan fingerprint density at radius 3 is 2.32 bits per heavy atom. The van der Waals surface area contributed by atoms with Gasteiger partial charge in [0.05, 0.1) is 21.3 Å². The third kappa shape index (κ3) is 2.73. The van der Waals surface area contributed by atoms with Gasteiger partial charge in [0.15, 0.2) is 17.1 Å². The van der Waals surface area contributed by atoms with Crippen LogP contribution in [0, 0.1) is 0 Å². The van der Waals surface area contributed by atoms with Crippen LogP contribution in [0.15, 0.2) is 33.5 Å². The average molecular weight is 306 g/mol. The zero-order valence-electron chi connectivity index (χ0n) is 12.2. The Morgan fingerprint density at radius 1 is 1.09 bits per heavy atom. The Bertz CT molecular complexity index is 761. The van der Waals surface area contributed by atoms with Crippen LogP contribution in [-0.2, 0) is 4.74 Å². The number of carbonyl (C=O) groups is 1. The summed E-state index contributed by atoms with van der Waals surface area (Å²) in [5, 5.41) is 9.85. The predicted octanol–water partition coefficient (Wildman–Crippen LogP) is 1.82. The summed E-state index contributed by atoms with van der Waals surface area (Å²) in [5.74, 6) is -0.475. The number of benzene rings is 1. The second-order valence-electron chi connectivity index (χ2n) is 4.22. The van der Waals surface area contributed by atoms with Crippen LogP contribution in [-0.4, -0.2) is 32.4 Å². The van der Waals surface area contributed by atoms with E-state index in [1.165, 1.54) is 14.2 Å². The summed E-state index contributed by atoms with van der Waals surface area (Å²) in [6.07, 6.45) is 0. The van der Waals surface area contributed by atoms with Gasteiger partial charge in [-0.05, 0) is 18.2 Å². The van der Waals surface area contributed by atoms with Crippen molar-refractivity contribution in [3.8, 4) is 28.6 Å². The summed E-state index contributed by atoms with van der Waals surface area (Å²) in [7, 11) is 4.06. The van der Waals surface area contributed by atoms with E-state index in [0.29, 0.717) is 17.1 Å². The van der Waals surface area contributed by atoms with Crippen molar-refractivity contribution in [2.24, 2.45) is 0 Å². The van der Waals surface area contributed by atoms with Crippen LogP contribution in [0.4, 0.5) is 0 Å². The lowest BCUT2D eigenvalue weighted by Crippen LogP contribution is -2.15. The second kappa shape index (κ2) is 6.21. The molecule has 0 aliphatic heterocycles. The highest BCUT2D eigenvalue weighted by Gasteiger charge is 2.20. The van der Waals surface area contributed by atoms with Crippen LogP contribution in [0.3, 0.4) is 0 Å². The quantitative estimate of drug-likeness (QED) is 0.861. The Morgan fingerprint density at radius 2 is 1.77 bits per heavy atom. The summed E-state index contributed by atoms with van der Waals surface area (Å²) >= 11 is 0. The molecule has 7 heteroatoms. The zero-order chi connectivity index (χ0) is 16.3. The largest absolute Gasteiger partial charge is 0.507 e. The van der Waals surface area contributed by atoms with Gasteiger partial charge in [0.25, 0.3) is 0 Å². The number of ether oxygens (including phenoxy) is 3. The maximum Gasteiger partial charge on any atom is 0.354 e. The van der Waals surface area contributed by atoms with Gasteiger partial charge in [-0.3, -0.25) is 0 Å². The first kappa shape index (κ1) is 15.4. The molecule has 116 valence electrons. The van der Waals surface area contributed by atoms with Gasteiger partial charge < -0.3 is 23.7 Å². The molecule has 7 nitrogen and oxygen atoms in total. The van der Waals surface area contributed by atoms with E-state index < -0.39 is 22.9 Å². The summed E-state index contributed by atoms with van der Waals surface area (Å²) in [5.41, 5.74) is -1.06. The molecule has 0 unspecified atom stereocenters. The van der Waals surface area contributed by atoms with Crippen LogP contribution in [0.2, 0.25) is 0 Å². The van der Waals surface area contributed by atoms with Gasteiger partial charge in [0.1, 0.15) is 11.5 Å². The molecule has 0 bridgehead atoms. The first-order valence-electron chi connectivity index (χ1n) is 6.19. The highest BCUT2D eigenvalue weighted by molar-refractivity contribution is 5.92. The fourth-order valence-electron chi connectivity index (χ4n) is 1.90. The number of aromatic hydroxyl groups is 1. The van der Waals surface area contributed by atoms with Gasteiger partial charge in [0.2, 0.25) is 0 Å². The van der Waals surface area contributed by atoms with E-state index in [0.717, 1.165) is 13.2 Å². The van der Waals surface area contributed by atoms with E-state index >= 15 is 0 Å². The smallest absolute Gasteiger partial charge is 0.354 e. The summed E-state index contributed by atoms with van der Waals surface area (Å²) in [4.78, 5) is 23.2. The van der Waals surface area contributed by atoms with E-state index in [-0.39, 0.29) is 5.76 Å². The first-order valence-corrected chi connectivity index (χ1v) is 6.19. The lowest BCUT2D eigenvalue weighted by molar-refractivity contribution is 0.0592. The van der Waals surface area contributed by atoms with Crippen LogP contribution in [0.5, 0.6) is 17.2 Å². The van der Waals surface area contributed by atoms with Gasteiger partial charge in [-0.2, -0.15) is 0 Å². The van der Waals surface area contributed by atoms with E-state index in [9.17, 15) is 14.7 Å². The Hall–Kier alpha value is -2.96. The third-order valence-corrected chi connectivity index (χ3v) is 2.99. The molecule has 0 saturated carbocycles. The van der Waals surface area contributed by atoms with Crippen molar-refractivity contribution in [1.29, 1.82) is 0 Å². The van der Waals surface area contributed by atoms with Crippen molar-refractivity contribution in [2.45, 2.75) is 0 Å². The molecule has 1 heterocycles. The molecule has 0 saturated heterocycles. The molecule has 0 atom stereocenters. The minimum absolute atomic E-state index is 0.0797. The highest BCUT2D eigenvalue weighted by atomic mass is 16.5. The number of methoxy groups -OCH3 is 3. The number of rotatable bonds is 4. The third-order valence-electron chi connectivity index (χ3n) is 2.99. The summed E-state index contributed by atoms with van der Waals surface area (Å²) in [6, 6.07) is 5.99. The molecule has 1 aromatic carbocycles. The molecule has 1 N–H and O–H groups in total. The van der Waals surface area contributed by atoms with Gasteiger partial charge in [-0.15, -0.1) is 0 Å². The van der Waals surface area contributed by atoms with Crippen LogP contribution >= 0.6 is 0 Å². The first-order chi connectivity index (χ1) is 10.5. The Kier molecular flexibility index (Phi) is 4.36. The van der Waals surface area contributed by atoms with E-state index in [2.05, 4.69) is 4.74 Å². The number of hydrogen-bond donors (Lipinski definition) is 1. The zero-order valence-corrected chi connectivity index (χ0v) is 12.2. The summed E-state index contributed by atoms with van der Waals surface area (Å²) in [6.45, 7) is 0. The fourth-order valence-corrected chi connectivity index (χ4v) is 1.90. The Labute approximate surface area is 125 Å². The molecule has 0 amide bonds. The molecule has 0 aliphatic carbocycles. The highest BCUT2D eigenvalue weighted by Crippen LogP contribution is 2.33. The normalized spacial score (nSPS) is 10.1. The average Bonchev–Trinajstić information content (AvgIpc) is 2.53. The molecule has 2 aromatic rings. The number of esters is 1. The summed E-state index contributed by atoms with van der Waals surface area (Å²) < 4.78 is 19.7. The monoisotopic (exact) mass is 306 g/mol. The molecular weight excluding hydrogens is 292 g/mol. The topological polar surface area (TPSA) is 95.2 Å². The Balaban J connectivity index is 2.55. The van der Waals surface area contributed by atoms with Gasteiger partial charge >= 0.3 is 11.6 Å². The molecule has 0 spiro atoms. The molecule has 0 radical (unpaired) electrons.